The first kappa shape index (κ1) is 23.3. The molecule has 2 rings (SSSR count). The number of hydrogen-bond acceptors (Lipinski definition) is 4. The zero-order valence-corrected chi connectivity index (χ0v) is 17.0. The van der Waals surface area contributed by atoms with E-state index in [9.17, 15) is 13.6 Å². The van der Waals surface area contributed by atoms with E-state index < -0.39 is 11.6 Å². The van der Waals surface area contributed by atoms with Gasteiger partial charge in [-0.15, -0.1) is 0 Å². The Hall–Kier alpha value is -2.76. The number of nitrogens with zero attached hydrogens (tertiary/aromatic N) is 1. The fourth-order valence-electron chi connectivity index (χ4n) is 2.59. The first-order valence-electron chi connectivity index (χ1n) is 8.98. The van der Waals surface area contributed by atoms with Crippen molar-refractivity contribution in [3.63, 3.8) is 0 Å². The van der Waals surface area contributed by atoms with E-state index in [2.05, 4.69) is 11.9 Å². The molecule has 0 aliphatic rings. The molecule has 0 saturated heterocycles. The van der Waals surface area contributed by atoms with Crippen LogP contribution >= 0.6 is 0 Å². The van der Waals surface area contributed by atoms with Gasteiger partial charge in [0.15, 0.2) is 23.1 Å². The van der Waals surface area contributed by atoms with Gasteiger partial charge in [-0.05, 0) is 48.7 Å². The Morgan fingerprint density at radius 2 is 1.75 bits per heavy atom. The molecule has 0 amide bonds. The second-order valence-corrected chi connectivity index (χ2v) is 6.08. The molecule has 0 spiro atoms. The van der Waals surface area contributed by atoms with Crippen molar-refractivity contribution in [3.05, 3.63) is 59.2 Å². The number of carbonyl (C=O) groups excluding carboxylic acids is 1. The molecule has 0 aromatic heterocycles. The van der Waals surface area contributed by atoms with E-state index in [0.29, 0.717) is 0 Å². The van der Waals surface area contributed by atoms with Crippen LogP contribution in [0.15, 0.2) is 41.4 Å². The molecule has 4 nitrogen and oxygen atoms in total. The van der Waals surface area contributed by atoms with Crippen molar-refractivity contribution in [3.8, 4) is 11.5 Å². The standard InChI is InChI=1S/C13H19NO2.C9H8F2O/c1-5-6-11(14-2)10-7-8-12(15-3)13(9-10)16-4;1-6(12)5-7-3-2-4-8(10)9(7)11/h7-9H,5-6H2,1-4H3;2-4H,5H2,1H3. The lowest BCUT2D eigenvalue weighted by Crippen LogP contribution is -2.01. The topological polar surface area (TPSA) is 47.9 Å². The maximum Gasteiger partial charge on any atom is 0.162 e. The smallest absolute Gasteiger partial charge is 0.162 e. The summed E-state index contributed by atoms with van der Waals surface area (Å²) < 4.78 is 35.8. The lowest BCUT2D eigenvalue weighted by atomic mass is 10.1. The van der Waals surface area contributed by atoms with Gasteiger partial charge in [-0.25, -0.2) is 8.78 Å². The number of ketones is 1. The molecule has 0 radical (unpaired) electrons. The molecule has 0 fully saturated rings. The molecule has 6 heteroatoms. The third-order valence-corrected chi connectivity index (χ3v) is 3.94. The molecule has 2 aromatic rings. The highest BCUT2D eigenvalue weighted by Gasteiger charge is 2.09. The maximum atomic E-state index is 12.8. The van der Waals surface area contributed by atoms with E-state index in [1.54, 1.807) is 14.2 Å². The van der Waals surface area contributed by atoms with Crippen LogP contribution < -0.4 is 9.47 Å². The average Bonchev–Trinajstić information content (AvgIpc) is 2.69. The van der Waals surface area contributed by atoms with Crippen molar-refractivity contribution in [1.82, 2.24) is 0 Å². The summed E-state index contributed by atoms with van der Waals surface area (Å²) in [6, 6.07) is 9.71. The van der Waals surface area contributed by atoms with Crippen LogP contribution in [-0.4, -0.2) is 32.8 Å². The Labute approximate surface area is 165 Å². The molecule has 0 unspecified atom stereocenters. The lowest BCUT2D eigenvalue weighted by Gasteiger charge is -2.10. The number of Topliss-reactive ketones (excluding diaryl/α,β-unsaturated/α-hetero) is 1. The highest BCUT2D eigenvalue weighted by molar-refractivity contribution is 6.01. The van der Waals surface area contributed by atoms with E-state index in [4.69, 9.17) is 9.47 Å². The highest BCUT2D eigenvalue weighted by atomic mass is 19.2. The number of aliphatic imine (C=N–C) groups is 1. The van der Waals surface area contributed by atoms with E-state index in [1.165, 1.54) is 19.1 Å². The summed E-state index contributed by atoms with van der Waals surface area (Å²) in [5, 5.41) is 0. The van der Waals surface area contributed by atoms with Crippen molar-refractivity contribution >= 4 is 11.5 Å². The Balaban J connectivity index is 0.000000292. The van der Waals surface area contributed by atoms with Crippen LogP contribution in [0.1, 0.15) is 37.8 Å². The summed E-state index contributed by atoms with van der Waals surface area (Å²) in [4.78, 5) is 14.9. The van der Waals surface area contributed by atoms with Crippen LogP contribution in [0.4, 0.5) is 8.78 Å². The molecule has 152 valence electrons. The molecule has 0 saturated carbocycles. The number of benzene rings is 2. The average molecular weight is 391 g/mol. The Bertz CT molecular complexity index is 819. The second kappa shape index (κ2) is 11.8. The van der Waals surface area contributed by atoms with Gasteiger partial charge in [0.1, 0.15) is 5.78 Å². The fraction of sp³-hybridized carbons (Fsp3) is 0.364. The quantitative estimate of drug-likeness (QED) is 0.623. The molecule has 0 N–H and O–H groups in total. The summed E-state index contributed by atoms with van der Waals surface area (Å²) in [7, 11) is 5.10. The first-order valence-corrected chi connectivity index (χ1v) is 8.98. The number of methoxy groups -OCH3 is 2. The Morgan fingerprint density at radius 1 is 1.07 bits per heavy atom. The predicted octanol–water partition coefficient (Wildman–Crippen LogP) is 5.02. The Morgan fingerprint density at radius 3 is 2.29 bits per heavy atom. The number of hydrogen-bond donors (Lipinski definition) is 0. The summed E-state index contributed by atoms with van der Waals surface area (Å²) in [5.74, 6) is -0.517. The number of halogens is 2. The molecule has 0 aliphatic carbocycles. The second-order valence-electron chi connectivity index (χ2n) is 6.08. The minimum Gasteiger partial charge on any atom is -0.493 e. The van der Waals surface area contributed by atoms with E-state index >= 15 is 0 Å². The molecule has 0 atom stereocenters. The summed E-state index contributed by atoms with van der Waals surface area (Å²) >= 11 is 0. The van der Waals surface area contributed by atoms with Crippen LogP contribution in [0.5, 0.6) is 11.5 Å². The molecular formula is C22H27F2NO3. The van der Waals surface area contributed by atoms with Gasteiger partial charge in [0.2, 0.25) is 0 Å². The zero-order valence-electron chi connectivity index (χ0n) is 17.0. The fourth-order valence-corrected chi connectivity index (χ4v) is 2.59. The minimum atomic E-state index is -0.923. The maximum absolute atomic E-state index is 12.8. The summed E-state index contributed by atoms with van der Waals surface area (Å²) in [5.41, 5.74) is 2.31. The molecule has 2 aromatic carbocycles. The van der Waals surface area contributed by atoms with Crippen molar-refractivity contribution < 1.29 is 23.0 Å². The largest absolute Gasteiger partial charge is 0.493 e. The molecule has 0 aliphatic heterocycles. The van der Waals surface area contributed by atoms with E-state index in [0.717, 1.165) is 41.7 Å². The highest BCUT2D eigenvalue weighted by Crippen LogP contribution is 2.28. The van der Waals surface area contributed by atoms with Crippen molar-refractivity contribution in [2.75, 3.05) is 21.3 Å². The number of rotatable bonds is 7. The molecule has 0 bridgehead atoms. The van der Waals surface area contributed by atoms with Gasteiger partial charge < -0.3 is 9.47 Å². The van der Waals surface area contributed by atoms with Gasteiger partial charge in [0.05, 0.1) is 14.2 Å². The van der Waals surface area contributed by atoms with Crippen LogP contribution in [-0.2, 0) is 11.2 Å². The van der Waals surface area contributed by atoms with Crippen LogP contribution in [0.3, 0.4) is 0 Å². The molecule has 28 heavy (non-hydrogen) atoms. The zero-order chi connectivity index (χ0) is 21.1. The van der Waals surface area contributed by atoms with Gasteiger partial charge in [0, 0.05) is 19.2 Å². The van der Waals surface area contributed by atoms with E-state index in [1.807, 2.05) is 25.2 Å². The number of carbonyl (C=O) groups is 1. The van der Waals surface area contributed by atoms with Gasteiger partial charge >= 0.3 is 0 Å². The summed E-state index contributed by atoms with van der Waals surface area (Å²) in [6.45, 7) is 3.48. The van der Waals surface area contributed by atoms with Crippen molar-refractivity contribution in [1.29, 1.82) is 0 Å². The third kappa shape index (κ3) is 6.76. The SMILES string of the molecule is CC(=O)Cc1cccc(F)c1F.CCCC(=NC)c1ccc(OC)c(OC)c1. The van der Waals surface area contributed by atoms with Gasteiger partial charge in [-0.2, -0.15) is 0 Å². The summed E-state index contributed by atoms with van der Waals surface area (Å²) in [6.07, 6.45) is 2.01. The minimum absolute atomic E-state index is 0.0520. The normalized spacial score (nSPS) is 10.8. The van der Waals surface area contributed by atoms with Crippen molar-refractivity contribution in [2.24, 2.45) is 4.99 Å². The van der Waals surface area contributed by atoms with Crippen LogP contribution in [0, 0.1) is 11.6 Å². The molecule has 0 heterocycles. The third-order valence-electron chi connectivity index (χ3n) is 3.94. The van der Waals surface area contributed by atoms with Crippen molar-refractivity contribution in [2.45, 2.75) is 33.1 Å². The van der Waals surface area contributed by atoms with E-state index in [-0.39, 0.29) is 17.8 Å². The van der Waals surface area contributed by atoms with Gasteiger partial charge in [-0.1, -0.05) is 25.5 Å². The first-order chi connectivity index (χ1) is 13.4. The van der Waals surface area contributed by atoms with Crippen LogP contribution in [0.25, 0.3) is 0 Å². The van der Waals surface area contributed by atoms with Gasteiger partial charge in [-0.3, -0.25) is 9.79 Å². The lowest BCUT2D eigenvalue weighted by molar-refractivity contribution is -0.116. The monoisotopic (exact) mass is 391 g/mol. The van der Waals surface area contributed by atoms with Crippen LogP contribution in [0.2, 0.25) is 0 Å². The predicted molar refractivity (Wildman–Crippen MR) is 108 cm³/mol. The molecular weight excluding hydrogens is 364 g/mol. The Kier molecular flexibility index (Phi) is 9.85. The van der Waals surface area contributed by atoms with Gasteiger partial charge in [0.25, 0.3) is 0 Å². The number of ether oxygens (including phenoxy) is 2.